The normalized spacial score (nSPS) is 12.1. The van der Waals surface area contributed by atoms with Crippen LogP contribution in [0.5, 0.6) is 0 Å². The van der Waals surface area contributed by atoms with Gasteiger partial charge in [-0.25, -0.2) is 0 Å². The summed E-state index contributed by atoms with van der Waals surface area (Å²) >= 11 is 1.09. The highest BCUT2D eigenvalue weighted by Crippen LogP contribution is 2.18. The minimum absolute atomic E-state index is 0.0621. The fraction of sp³-hybridized carbons (Fsp3) is 0.385. The number of benzene rings is 1. The summed E-state index contributed by atoms with van der Waals surface area (Å²) < 4.78 is 0. The number of thioether (sulfide) groups is 1. The van der Waals surface area contributed by atoms with Crippen molar-refractivity contribution in [1.29, 1.82) is 0 Å². The van der Waals surface area contributed by atoms with Crippen LogP contribution in [0.2, 0.25) is 0 Å². The topological polar surface area (TPSA) is 54.4 Å². The molecule has 0 saturated carbocycles. The van der Waals surface area contributed by atoms with Crippen LogP contribution in [0, 0.1) is 5.92 Å². The molecule has 0 aromatic heterocycles. The van der Waals surface area contributed by atoms with Gasteiger partial charge in [0.2, 0.25) is 5.12 Å². The lowest BCUT2D eigenvalue weighted by molar-refractivity contribution is -0.141. The third-order valence-corrected chi connectivity index (χ3v) is 3.48. The molecule has 1 atom stereocenters. The minimum atomic E-state index is -0.819. The Bertz CT molecular complexity index is 376. The van der Waals surface area contributed by atoms with Crippen molar-refractivity contribution in [1.82, 2.24) is 0 Å². The number of hydrogen-bond acceptors (Lipinski definition) is 3. The third-order valence-electron chi connectivity index (χ3n) is 2.41. The van der Waals surface area contributed by atoms with E-state index >= 15 is 0 Å². The number of carbonyl (C=O) groups is 2. The number of carbonyl (C=O) groups excluding carboxylic acids is 1. The van der Waals surface area contributed by atoms with Gasteiger partial charge in [-0.3, -0.25) is 9.59 Å². The summed E-state index contributed by atoms with van der Waals surface area (Å²) in [5, 5.41) is 8.90. The SMILES string of the molecule is CCC[C@H](CSC(=O)c1ccccc1)C(=O)O. The maximum absolute atomic E-state index is 11.7. The zero-order valence-electron chi connectivity index (χ0n) is 9.76. The van der Waals surface area contributed by atoms with Gasteiger partial charge in [-0.2, -0.15) is 0 Å². The van der Waals surface area contributed by atoms with Crippen molar-refractivity contribution in [2.75, 3.05) is 5.75 Å². The van der Waals surface area contributed by atoms with Crippen LogP contribution in [-0.4, -0.2) is 21.9 Å². The molecule has 3 nitrogen and oxygen atoms in total. The van der Waals surface area contributed by atoms with Crippen LogP contribution in [0.25, 0.3) is 0 Å². The molecular weight excluding hydrogens is 236 g/mol. The van der Waals surface area contributed by atoms with E-state index in [1.54, 1.807) is 24.3 Å². The molecule has 0 bridgehead atoms. The molecule has 17 heavy (non-hydrogen) atoms. The van der Waals surface area contributed by atoms with Crippen LogP contribution in [0.3, 0.4) is 0 Å². The molecule has 92 valence electrons. The molecule has 1 aromatic carbocycles. The summed E-state index contributed by atoms with van der Waals surface area (Å²) in [6.45, 7) is 1.94. The molecule has 0 saturated heterocycles. The molecule has 0 aliphatic carbocycles. The van der Waals surface area contributed by atoms with Gasteiger partial charge in [-0.15, -0.1) is 0 Å². The fourth-order valence-electron chi connectivity index (χ4n) is 1.46. The lowest BCUT2D eigenvalue weighted by atomic mass is 10.1. The van der Waals surface area contributed by atoms with Gasteiger partial charge in [-0.1, -0.05) is 55.4 Å². The molecule has 1 N–H and O–H groups in total. The Hall–Kier alpha value is -1.29. The number of aliphatic carboxylic acids is 1. The van der Waals surface area contributed by atoms with Gasteiger partial charge >= 0.3 is 5.97 Å². The van der Waals surface area contributed by atoms with Crippen molar-refractivity contribution < 1.29 is 14.7 Å². The molecule has 0 spiro atoms. The first kappa shape index (κ1) is 13.8. The standard InChI is InChI=1S/C13H16O3S/c1-2-6-11(12(14)15)9-17-13(16)10-7-4-3-5-8-10/h3-5,7-8,11H,2,6,9H2,1H3,(H,14,15)/t11-/m1/s1. The van der Waals surface area contributed by atoms with Gasteiger partial charge < -0.3 is 5.11 Å². The number of rotatable bonds is 6. The minimum Gasteiger partial charge on any atom is -0.481 e. The molecule has 0 aliphatic rings. The second-order valence-corrected chi connectivity index (χ2v) is 4.78. The Morgan fingerprint density at radius 2 is 1.94 bits per heavy atom. The highest BCUT2D eigenvalue weighted by molar-refractivity contribution is 8.14. The zero-order chi connectivity index (χ0) is 12.7. The predicted octanol–water partition coefficient (Wildman–Crippen LogP) is 3.06. The quantitative estimate of drug-likeness (QED) is 0.845. The van der Waals surface area contributed by atoms with Gasteiger partial charge in [0.1, 0.15) is 0 Å². The van der Waals surface area contributed by atoms with E-state index in [2.05, 4.69) is 0 Å². The zero-order valence-corrected chi connectivity index (χ0v) is 10.6. The van der Waals surface area contributed by atoms with Crippen molar-refractivity contribution in [2.45, 2.75) is 19.8 Å². The van der Waals surface area contributed by atoms with Crippen LogP contribution in [0.4, 0.5) is 0 Å². The predicted molar refractivity (Wildman–Crippen MR) is 69.3 cm³/mol. The molecule has 0 radical (unpaired) electrons. The highest BCUT2D eigenvalue weighted by Gasteiger charge is 2.18. The monoisotopic (exact) mass is 252 g/mol. The first-order chi connectivity index (χ1) is 8.15. The first-order valence-electron chi connectivity index (χ1n) is 5.60. The Kier molecular flexibility index (Phi) is 5.77. The second-order valence-electron chi connectivity index (χ2n) is 3.79. The summed E-state index contributed by atoms with van der Waals surface area (Å²) in [6.07, 6.45) is 1.43. The van der Waals surface area contributed by atoms with E-state index in [9.17, 15) is 9.59 Å². The van der Waals surface area contributed by atoms with Crippen LogP contribution in [0.1, 0.15) is 30.1 Å². The second kappa shape index (κ2) is 7.12. The van der Waals surface area contributed by atoms with Crippen molar-refractivity contribution in [2.24, 2.45) is 5.92 Å². The van der Waals surface area contributed by atoms with Gasteiger partial charge in [0.15, 0.2) is 0 Å². The van der Waals surface area contributed by atoms with E-state index in [4.69, 9.17) is 5.11 Å². The summed E-state index contributed by atoms with van der Waals surface area (Å²) in [4.78, 5) is 22.7. The third kappa shape index (κ3) is 4.61. The molecule has 0 heterocycles. The van der Waals surface area contributed by atoms with E-state index in [1.165, 1.54) is 0 Å². The molecule has 0 fully saturated rings. The lowest BCUT2D eigenvalue weighted by Crippen LogP contribution is -2.17. The van der Waals surface area contributed by atoms with Crippen molar-refractivity contribution in [3.63, 3.8) is 0 Å². The largest absolute Gasteiger partial charge is 0.481 e. The summed E-state index contributed by atoms with van der Waals surface area (Å²) in [7, 11) is 0. The lowest BCUT2D eigenvalue weighted by Gasteiger charge is -2.09. The van der Waals surface area contributed by atoms with E-state index in [0.29, 0.717) is 17.7 Å². The molecular formula is C13H16O3S. The maximum Gasteiger partial charge on any atom is 0.307 e. The van der Waals surface area contributed by atoms with E-state index in [1.807, 2.05) is 13.0 Å². The number of carboxylic acids is 1. The molecule has 4 heteroatoms. The van der Waals surface area contributed by atoms with Crippen LogP contribution in [0.15, 0.2) is 30.3 Å². The summed E-state index contributed by atoms with van der Waals surface area (Å²) in [5.74, 6) is -0.908. The Balaban J connectivity index is 2.49. The van der Waals surface area contributed by atoms with Crippen LogP contribution >= 0.6 is 11.8 Å². The van der Waals surface area contributed by atoms with Crippen LogP contribution in [-0.2, 0) is 4.79 Å². The Morgan fingerprint density at radius 3 is 2.47 bits per heavy atom. The molecule has 1 aromatic rings. The van der Waals surface area contributed by atoms with Crippen molar-refractivity contribution in [3.8, 4) is 0 Å². The van der Waals surface area contributed by atoms with Crippen molar-refractivity contribution >= 4 is 22.8 Å². The van der Waals surface area contributed by atoms with Crippen LogP contribution < -0.4 is 0 Å². The Labute approximate surface area is 105 Å². The molecule has 0 amide bonds. The van der Waals surface area contributed by atoms with Gasteiger partial charge in [-0.05, 0) is 6.42 Å². The average molecular weight is 252 g/mol. The maximum atomic E-state index is 11.7. The summed E-state index contributed by atoms with van der Waals surface area (Å²) in [5.41, 5.74) is 0.623. The van der Waals surface area contributed by atoms with Crippen molar-refractivity contribution in [3.05, 3.63) is 35.9 Å². The first-order valence-corrected chi connectivity index (χ1v) is 6.58. The smallest absolute Gasteiger partial charge is 0.307 e. The summed E-state index contributed by atoms with van der Waals surface area (Å²) in [6, 6.07) is 8.93. The number of hydrogen-bond donors (Lipinski definition) is 1. The Morgan fingerprint density at radius 1 is 1.29 bits per heavy atom. The fourth-order valence-corrected chi connectivity index (χ4v) is 2.42. The molecule has 1 rings (SSSR count). The average Bonchev–Trinajstić information content (AvgIpc) is 2.34. The van der Waals surface area contributed by atoms with Gasteiger partial charge in [0.25, 0.3) is 0 Å². The molecule has 0 unspecified atom stereocenters. The van der Waals surface area contributed by atoms with E-state index < -0.39 is 11.9 Å². The number of carboxylic acid groups (broad SMARTS) is 1. The van der Waals surface area contributed by atoms with E-state index in [0.717, 1.165) is 18.2 Å². The highest BCUT2D eigenvalue weighted by atomic mass is 32.2. The van der Waals surface area contributed by atoms with Gasteiger partial charge in [0.05, 0.1) is 5.92 Å². The van der Waals surface area contributed by atoms with Gasteiger partial charge in [0, 0.05) is 11.3 Å². The molecule has 0 aliphatic heterocycles. The van der Waals surface area contributed by atoms with E-state index in [-0.39, 0.29) is 5.12 Å².